The van der Waals surface area contributed by atoms with E-state index < -0.39 is 0 Å². The van der Waals surface area contributed by atoms with Crippen LogP contribution in [0.15, 0.2) is 23.4 Å². The van der Waals surface area contributed by atoms with Crippen LogP contribution < -0.4 is 0 Å². The largest absolute Gasteiger partial charge is 0.385 e. The molecule has 0 aliphatic carbocycles. The normalized spacial score (nSPS) is 10.3. The molecule has 1 aromatic rings. The Morgan fingerprint density at radius 2 is 2.38 bits per heavy atom. The van der Waals surface area contributed by atoms with Crippen molar-refractivity contribution in [1.29, 1.82) is 0 Å². The van der Waals surface area contributed by atoms with Crippen molar-refractivity contribution in [3.8, 4) is 0 Å². The molecule has 0 bridgehead atoms. The molecule has 72 valence electrons. The number of nitrogens with zero attached hydrogens (tertiary/aromatic N) is 1. The predicted molar refractivity (Wildman–Crippen MR) is 56.5 cm³/mol. The van der Waals surface area contributed by atoms with Gasteiger partial charge in [-0.15, -0.1) is 11.8 Å². The number of pyridine rings is 1. The van der Waals surface area contributed by atoms with E-state index in [0.717, 1.165) is 23.8 Å². The van der Waals surface area contributed by atoms with Gasteiger partial charge in [-0.05, 0) is 18.6 Å². The summed E-state index contributed by atoms with van der Waals surface area (Å²) in [7, 11) is 1.71. The molecule has 0 aliphatic heterocycles. The van der Waals surface area contributed by atoms with Gasteiger partial charge in [0.25, 0.3) is 0 Å². The van der Waals surface area contributed by atoms with Gasteiger partial charge in [-0.25, -0.2) is 4.98 Å². The van der Waals surface area contributed by atoms with Gasteiger partial charge in [0, 0.05) is 25.7 Å². The van der Waals surface area contributed by atoms with E-state index in [2.05, 4.69) is 4.98 Å². The zero-order chi connectivity index (χ0) is 9.52. The van der Waals surface area contributed by atoms with Gasteiger partial charge < -0.3 is 4.74 Å². The summed E-state index contributed by atoms with van der Waals surface area (Å²) in [6, 6.07) is 3.78. The molecule has 2 nitrogen and oxygen atoms in total. The molecule has 0 fully saturated rings. The SMILES string of the molecule is COCCCSc1ccc(Cl)cn1. The Hall–Kier alpha value is -0.250. The number of rotatable bonds is 5. The second-order valence-corrected chi connectivity index (χ2v) is 4.06. The lowest BCUT2D eigenvalue weighted by Crippen LogP contribution is -1.90. The molecule has 0 saturated heterocycles. The van der Waals surface area contributed by atoms with Gasteiger partial charge in [-0.2, -0.15) is 0 Å². The van der Waals surface area contributed by atoms with Gasteiger partial charge in [-0.3, -0.25) is 0 Å². The van der Waals surface area contributed by atoms with Crippen molar-refractivity contribution in [1.82, 2.24) is 4.98 Å². The van der Waals surface area contributed by atoms with Crippen LogP contribution in [0.4, 0.5) is 0 Å². The lowest BCUT2D eigenvalue weighted by molar-refractivity contribution is 0.200. The van der Waals surface area contributed by atoms with Crippen molar-refractivity contribution in [2.45, 2.75) is 11.4 Å². The van der Waals surface area contributed by atoms with E-state index in [1.165, 1.54) is 0 Å². The highest BCUT2D eigenvalue weighted by Gasteiger charge is 1.95. The minimum atomic E-state index is 0.682. The Balaban J connectivity index is 2.25. The summed E-state index contributed by atoms with van der Waals surface area (Å²) in [5.41, 5.74) is 0. The number of aromatic nitrogens is 1. The Morgan fingerprint density at radius 3 is 3.00 bits per heavy atom. The number of hydrogen-bond acceptors (Lipinski definition) is 3. The summed E-state index contributed by atoms with van der Waals surface area (Å²) in [6.07, 6.45) is 2.71. The molecule has 0 N–H and O–H groups in total. The fraction of sp³-hybridized carbons (Fsp3) is 0.444. The van der Waals surface area contributed by atoms with Gasteiger partial charge in [0.05, 0.1) is 10.0 Å². The highest BCUT2D eigenvalue weighted by molar-refractivity contribution is 7.99. The number of ether oxygens (including phenoxy) is 1. The van der Waals surface area contributed by atoms with Gasteiger partial charge >= 0.3 is 0 Å². The van der Waals surface area contributed by atoms with Crippen LogP contribution in [0.25, 0.3) is 0 Å². The summed E-state index contributed by atoms with van der Waals surface area (Å²) in [6.45, 7) is 0.806. The first-order chi connectivity index (χ1) is 6.33. The first-order valence-corrected chi connectivity index (χ1v) is 5.42. The molecular weight excluding hydrogens is 206 g/mol. The zero-order valence-electron chi connectivity index (χ0n) is 7.50. The van der Waals surface area contributed by atoms with Crippen LogP contribution in [0, 0.1) is 0 Å². The number of halogens is 1. The van der Waals surface area contributed by atoms with Crippen molar-refractivity contribution in [3.05, 3.63) is 23.4 Å². The summed E-state index contributed by atoms with van der Waals surface area (Å²) >= 11 is 7.42. The second-order valence-electron chi connectivity index (χ2n) is 2.51. The average Bonchev–Trinajstić information content (AvgIpc) is 2.15. The van der Waals surface area contributed by atoms with Crippen molar-refractivity contribution >= 4 is 23.4 Å². The van der Waals surface area contributed by atoms with Gasteiger partial charge in [-0.1, -0.05) is 11.6 Å². The maximum absolute atomic E-state index is 5.70. The van der Waals surface area contributed by atoms with Crippen molar-refractivity contribution in [2.24, 2.45) is 0 Å². The van der Waals surface area contributed by atoms with Crippen LogP contribution in [-0.4, -0.2) is 24.5 Å². The molecule has 0 unspecified atom stereocenters. The first kappa shape index (κ1) is 10.8. The standard InChI is InChI=1S/C9H12ClNOS/c1-12-5-2-6-13-9-4-3-8(10)7-11-9/h3-4,7H,2,5-6H2,1H3. The van der Waals surface area contributed by atoms with Crippen LogP contribution in [-0.2, 0) is 4.74 Å². The third kappa shape index (κ3) is 4.50. The Morgan fingerprint density at radius 1 is 1.54 bits per heavy atom. The van der Waals surface area contributed by atoms with E-state index >= 15 is 0 Å². The van der Waals surface area contributed by atoms with E-state index in [9.17, 15) is 0 Å². The smallest absolute Gasteiger partial charge is 0.0960 e. The summed E-state index contributed by atoms with van der Waals surface area (Å²) in [5, 5.41) is 1.70. The first-order valence-electron chi connectivity index (χ1n) is 4.06. The van der Waals surface area contributed by atoms with Gasteiger partial charge in [0.15, 0.2) is 0 Å². The molecular formula is C9H12ClNOS. The van der Waals surface area contributed by atoms with E-state index in [4.69, 9.17) is 16.3 Å². The molecule has 0 radical (unpaired) electrons. The topological polar surface area (TPSA) is 22.1 Å². The maximum atomic E-state index is 5.70. The molecule has 13 heavy (non-hydrogen) atoms. The Bertz CT molecular complexity index is 240. The second kappa shape index (κ2) is 6.24. The molecule has 0 aliphatic rings. The van der Waals surface area contributed by atoms with E-state index in [-0.39, 0.29) is 0 Å². The van der Waals surface area contributed by atoms with Gasteiger partial charge in [0.2, 0.25) is 0 Å². The minimum Gasteiger partial charge on any atom is -0.385 e. The zero-order valence-corrected chi connectivity index (χ0v) is 9.07. The molecule has 0 amide bonds. The maximum Gasteiger partial charge on any atom is 0.0960 e. The average molecular weight is 218 g/mol. The predicted octanol–water partition coefficient (Wildman–Crippen LogP) is 2.86. The highest BCUT2D eigenvalue weighted by atomic mass is 35.5. The summed E-state index contributed by atoms with van der Waals surface area (Å²) < 4.78 is 4.94. The molecule has 1 aromatic heterocycles. The number of thioether (sulfide) groups is 1. The van der Waals surface area contributed by atoms with Crippen LogP contribution in [0.2, 0.25) is 5.02 Å². The fourth-order valence-electron chi connectivity index (χ4n) is 0.828. The van der Waals surface area contributed by atoms with Crippen LogP contribution >= 0.6 is 23.4 Å². The quantitative estimate of drug-likeness (QED) is 0.560. The highest BCUT2D eigenvalue weighted by Crippen LogP contribution is 2.17. The van der Waals surface area contributed by atoms with Gasteiger partial charge in [0.1, 0.15) is 0 Å². The third-order valence-corrected chi connectivity index (χ3v) is 2.70. The molecule has 1 heterocycles. The fourth-order valence-corrected chi connectivity index (χ4v) is 1.70. The number of hydrogen-bond donors (Lipinski definition) is 0. The van der Waals surface area contributed by atoms with E-state index in [1.54, 1.807) is 25.1 Å². The third-order valence-electron chi connectivity index (χ3n) is 1.44. The van der Waals surface area contributed by atoms with E-state index in [0.29, 0.717) is 5.02 Å². The molecule has 1 rings (SSSR count). The lowest BCUT2D eigenvalue weighted by atomic mass is 10.5. The summed E-state index contributed by atoms with van der Waals surface area (Å²) in [5.74, 6) is 1.03. The number of methoxy groups -OCH3 is 1. The summed E-state index contributed by atoms with van der Waals surface area (Å²) in [4.78, 5) is 4.17. The minimum absolute atomic E-state index is 0.682. The van der Waals surface area contributed by atoms with Crippen LogP contribution in [0.1, 0.15) is 6.42 Å². The Labute approximate surface area is 87.7 Å². The Kier molecular flexibility index (Phi) is 5.20. The van der Waals surface area contributed by atoms with Crippen molar-refractivity contribution in [3.63, 3.8) is 0 Å². The van der Waals surface area contributed by atoms with Crippen LogP contribution in [0.3, 0.4) is 0 Å². The molecule has 0 saturated carbocycles. The van der Waals surface area contributed by atoms with Crippen molar-refractivity contribution in [2.75, 3.05) is 19.5 Å². The van der Waals surface area contributed by atoms with Crippen LogP contribution in [0.5, 0.6) is 0 Å². The van der Waals surface area contributed by atoms with E-state index in [1.807, 2.05) is 12.1 Å². The lowest BCUT2D eigenvalue weighted by Gasteiger charge is -1.99. The monoisotopic (exact) mass is 217 g/mol. The molecule has 4 heteroatoms. The molecule has 0 aromatic carbocycles. The molecule has 0 spiro atoms. The molecule has 0 atom stereocenters. The van der Waals surface area contributed by atoms with Crippen molar-refractivity contribution < 1.29 is 4.74 Å².